The number of imidazole rings is 1. The molecule has 30 heavy (non-hydrogen) atoms. The van der Waals surface area contributed by atoms with Gasteiger partial charge in [-0.15, -0.1) is 0 Å². The molecule has 0 radical (unpaired) electrons. The van der Waals surface area contributed by atoms with E-state index >= 15 is 0 Å². The fourth-order valence-electron chi connectivity index (χ4n) is 3.80. The first-order valence-electron chi connectivity index (χ1n) is 10.4. The van der Waals surface area contributed by atoms with Crippen LogP contribution in [-0.4, -0.2) is 61.7 Å². The van der Waals surface area contributed by atoms with Crippen LogP contribution >= 0.6 is 0 Å². The van der Waals surface area contributed by atoms with Crippen LogP contribution in [0.4, 0.5) is 5.82 Å². The Kier molecular flexibility index (Phi) is 4.52. The Bertz CT molecular complexity index is 1090. The number of carbonyl (C=O) groups excluding carboxylic acids is 1. The van der Waals surface area contributed by atoms with E-state index in [0.29, 0.717) is 43.6 Å². The lowest BCUT2D eigenvalue weighted by Crippen LogP contribution is -2.49. The highest BCUT2D eigenvalue weighted by Gasteiger charge is 2.31. The fraction of sp³-hybridized carbons (Fsp3) is 0.476. The largest absolute Gasteiger partial charge is 0.360 e. The molecule has 1 amide bonds. The first-order valence-corrected chi connectivity index (χ1v) is 10.4. The molecule has 9 heteroatoms. The first-order chi connectivity index (χ1) is 14.5. The van der Waals surface area contributed by atoms with Crippen molar-refractivity contribution in [1.29, 1.82) is 0 Å². The zero-order chi connectivity index (χ0) is 20.8. The molecule has 0 N–H and O–H groups in total. The predicted molar refractivity (Wildman–Crippen MR) is 110 cm³/mol. The van der Waals surface area contributed by atoms with E-state index in [0.717, 1.165) is 41.6 Å². The molecule has 1 saturated heterocycles. The molecule has 0 unspecified atom stereocenters. The van der Waals surface area contributed by atoms with E-state index in [1.807, 2.05) is 42.4 Å². The third kappa shape index (κ3) is 3.44. The summed E-state index contributed by atoms with van der Waals surface area (Å²) < 4.78 is 7.32. The van der Waals surface area contributed by atoms with Crippen molar-refractivity contribution in [3.8, 4) is 5.82 Å². The van der Waals surface area contributed by atoms with E-state index in [1.165, 1.54) is 0 Å². The van der Waals surface area contributed by atoms with Crippen LogP contribution < -0.4 is 4.90 Å². The number of hydrogen-bond donors (Lipinski definition) is 0. The SMILES string of the molecule is Cc1nc(N2CCN(C(=O)c3cc(C4CC4)on3)CC2)cc(-n2cnc(C)c2C)n1. The molecule has 3 aromatic rings. The Labute approximate surface area is 174 Å². The zero-order valence-electron chi connectivity index (χ0n) is 17.5. The fourth-order valence-corrected chi connectivity index (χ4v) is 3.80. The molecule has 0 atom stereocenters. The molecule has 1 saturated carbocycles. The molecule has 1 aliphatic carbocycles. The van der Waals surface area contributed by atoms with Gasteiger partial charge >= 0.3 is 0 Å². The number of aryl methyl sites for hydroxylation is 2. The summed E-state index contributed by atoms with van der Waals surface area (Å²) in [6.45, 7) is 8.56. The van der Waals surface area contributed by atoms with Crippen molar-refractivity contribution >= 4 is 11.7 Å². The zero-order valence-corrected chi connectivity index (χ0v) is 17.5. The molecule has 0 aromatic carbocycles. The minimum atomic E-state index is -0.0608. The van der Waals surface area contributed by atoms with Crippen molar-refractivity contribution in [3.05, 3.63) is 47.1 Å². The molecule has 156 valence electrons. The highest BCUT2D eigenvalue weighted by atomic mass is 16.5. The van der Waals surface area contributed by atoms with Gasteiger partial charge in [0.2, 0.25) is 0 Å². The molecule has 9 nitrogen and oxygen atoms in total. The van der Waals surface area contributed by atoms with Crippen LogP contribution in [0.3, 0.4) is 0 Å². The molecular formula is C21H25N7O2. The summed E-state index contributed by atoms with van der Waals surface area (Å²) in [7, 11) is 0. The van der Waals surface area contributed by atoms with Crippen molar-refractivity contribution in [2.75, 3.05) is 31.1 Å². The van der Waals surface area contributed by atoms with Crippen LogP contribution in [0.2, 0.25) is 0 Å². The van der Waals surface area contributed by atoms with Crippen LogP contribution in [0.5, 0.6) is 0 Å². The average molecular weight is 407 g/mol. The molecule has 3 aromatic heterocycles. The van der Waals surface area contributed by atoms with Gasteiger partial charge in [-0.2, -0.15) is 0 Å². The molecule has 2 aliphatic rings. The lowest BCUT2D eigenvalue weighted by atomic mass is 10.2. The van der Waals surface area contributed by atoms with Gasteiger partial charge in [-0.1, -0.05) is 5.16 Å². The number of nitrogens with zero attached hydrogens (tertiary/aromatic N) is 7. The normalized spacial score (nSPS) is 16.9. The summed E-state index contributed by atoms with van der Waals surface area (Å²) in [6, 6.07) is 3.79. The Hall–Kier alpha value is -3.23. The third-order valence-electron chi connectivity index (χ3n) is 5.93. The smallest absolute Gasteiger partial charge is 0.276 e. The average Bonchev–Trinajstić information content (AvgIpc) is 3.39. The van der Waals surface area contributed by atoms with Crippen LogP contribution in [0.25, 0.3) is 5.82 Å². The minimum absolute atomic E-state index is 0.0608. The molecule has 2 fully saturated rings. The lowest BCUT2D eigenvalue weighted by Gasteiger charge is -2.35. The van der Waals surface area contributed by atoms with E-state index < -0.39 is 0 Å². The lowest BCUT2D eigenvalue weighted by molar-refractivity contribution is 0.0736. The van der Waals surface area contributed by atoms with Gasteiger partial charge in [0.1, 0.15) is 29.5 Å². The van der Waals surface area contributed by atoms with Gasteiger partial charge in [0.15, 0.2) is 5.69 Å². The van der Waals surface area contributed by atoms with Crippen molar-refractivity contribution in [2.45, 2.75) is 39.5 Å². The molecule has 0 bridgehead atoms. The number of rotatable bonds is 4. The Morgan fingerprint density at radius 2 is 1.77 bits per heavy atom. The standard InChI is InChI=1S/C21H25N7O2/c1-13-14(2)28(12-22-13)20-11-19(23-15(3)24-20)26-6-8-27(9-7-26)21(29)17-10-18(30-25-17)16-4-5-16/h10-12,16H,4-9H2,1-3H3. The number of aromatic nitrogens is 5. The van der Waals surface area contributed by atoms with E-state index in [9.17, 15) is 4.79 Å². The molecular weight excluding hydrogens is 382 g/mol. The highest BCUT2D eigenvalue weighted by Crippen LogP contribution is 2.40. The van der Waals surface area contributed by atoms with Crippen LogP contribution in [0.1, 0.15) is 52.2 Å². The summed E-state index contributed by atoms with van der Waals surface area (Å²) in [6.07, 6.45) is 4.04. The number of anilines is 1. The van der Waals surface area contributed by atoms with Crippen molar-refractivity contribution in [3.63, 3.8) is 0 Å². The predicted octanol–water partition coefficient (Wildman–Crippen LogP) is 2.42. The van der Waals surface area contributed by atoms with Crippen LogP contribution in [-0.2, 0) is 0 Å². The van der Waals surface area contributed by atoms with Gasteiger partial charge in [0.05, 0.1) is 5.69 Å². The number of amides is 1. The van der Waals surface area contributed by atoms with E-state index in [4.69, 9.17) is 4.52 Å². The maximum atomic E-state index is 12.8. The van der Waals surface area contributed by atoms with Crippen molar-refractivity contribution in [2.24, 2.45) is 0 Å². The Morgan fingerprint density at radius 1 is 1.03 bits per heavy atom. The van der Waals surface area contributed by atoms with Gasteiger partial charge in [-0.3, -0.25) is 9.36 Å². The maximum absolute atomic E-state index is 12.8. The van der Waals surface area contributed by atoms with Crippen molar-refractivity contribution < 1.29 is 9.32 Å². The topological polar surface area (TPSA) is 93.2 Å². The van der Waals surface area contributed by atoms with Gasteiger partial charge in [0.25, 0.3) is 5.91 Å². The first kappa shape index (κ1) is 18.8. The van der Waals surface area contributed by atoms with Crippen molar-refractivity contribution in [1.82, 2.24) is 29.6 Å². The van der Waals surface area contributed by atoms with E-state index in [1.54, 1.807) is 6.33 Å². The van der Waals surface area contributed by atoms with Crippen LogP contribution in [0, 0.1) is 20.8 Å². The molecule has 0 spiro atoms. The minimum Gasteiger partial charge on any atom is -0.360 e. The second-order valence-electron chi connectivity index (χ2n) is 8.08. The summed E-state index contributed by atoms with van der Waals surface area (Å²) in [5, 5.41) is 3.99. The highest BCUT2D eigenvalue weighted by molar-refractivity contribution is 5.92. The number of hydrogen-bond acceptors (Lipinski definition) is 7. The van der Waals surface area contributed by atoms with Gasteiger partial charge < -0.3 is 14.3 Å². The molecule has 5 rings (SSSR count). The quantitative estimate of drug-likeness (QED) is 0.656. The third-order valence-corrected chi connectivity index (χ3v) is 5.93. The Morgan fingerprint density at radius 3 is 2.43 bits per heavy atom. The summed E-state index contributed by atoms with van der Waals surface area (Å²) in [4.78, 5) is 30.4. The van der Waals surface area contributed by atoms with Crippen LogP contribution in [0.15, 0.2) is 23.0 Å². The summed E-state index contributed by atoms with van der Waals surface area (Å²) in [5.74, 6) is 3.62. The van der Waals surface area contributed by atoms with Gasteiger partial charge in [0, 0.05) is 49.9 Å². The monoisotopic (exact) mass is 407 g/mol. The Balaban J connectivity index is 1.29. The second kappa shape index (κ2) is 7.23. The molecule has 4 heterocycles. The molecule has 1 aliphatic heterocycles. The van der Waals surface area contributed by atoms with E-state index in [-0.39, 0.29) is 5.91 Å². The summed E-state index contributed by atoms with van der Waals surface area (Å²) in [5.41, 5.74) is 2.46. The maximum Gasteiger partial charge on any atom is 0.276 e. The second-order valence-corrected chi connectivity index (χ2v) is 8.08. The number of carbonyl (C=O) groups is 1. The van der Waals surface area contributed by atoms with Gasteiger partial charge in [-0.25, -0.2) is 15.0 Å². The van der Waals surface area contributed by atoms with Gasteiger partial charge in [-0.05, 0) is 33.6 Å². The summed E-state index contributed by atoms with van der Waals surface area (Å²) >= 11 is 0. The number of piperazine rings is 1. The van der Waals surface area contributed by atoms with E-state index in [2.05, 4.69) is 25.0 Å².